The summed E-state index contributed by atoms with van der Waals surface area (Å²) in [7, 11) is 0. The molecule has 0 amide bonds. The molecule has 1 heteroatoms. The second-order valence-electron chi connectivity index (χ2n) is 12.5. The number of hydrogen-bond acceptors (Lipinski definition) is 0. The number of nitrogens with zero attached hydrogens (tertiary/aromatic N) is 1. The summed E-state index contributed by atoms with van der Waals surface area (Å²) in [5, 5.41) is 8.10. The Morgan fingerprint density at radius 3 is 2.05 bits per heavy atom. The van der Waals surface area contributed by atoms with Gasteiger partial charge in [0.1, 0.15) is 0 Å². The van der Waals surface area contributed by atoms with Crippen LogP contribution < -0.4 is 0 Å². The third-order valence-electron chi connectivity index (χ3n) is 10.1. The molecule has 0 radical (unpaired) electrons. The molecule has 0 atom stereocenters. The number of aryl methyl sites for hydroxylation is 1. The summed E-state index contributed by atoms with van der Waals surface area (Å²) in [5.41, 5.74) is 17.0. The largest absolute Gasteiger partial charge is 0.335 e. The van der Waals surface area contributed by atoms with Crippen molar-refractivity contribution in [3.63, 3.8) is 0 Å². The normalized spacial score (nSPS) is 13.1. The summed E-state index contributed by atoms with van der Waals surface area (Å²) in [5.74, 6) is 0. The van der Waals surface area contributed by atoms with Gasteiger partial charge in [-0.3, -0.25) is 0 Å². The smallest absolute Gasteiger partial charge is 0.0574 e. The number of fused-ring (bicyclic) bond motifs is 15. The van der Waals surface area contributed by atoms with E-state index in [-0.39, 0.29) is 0 Å². The number of aromatic nitrogens is 1. The molecular formula is C42H29N. The van der Waals surface area contributed by atoms with Gasteiger partial charge in [-0.2, -0.15) is 0 Å². The maximum Gasteiger partial charge on any atom is 0.0574 e. The Balaban J connectivity index is 1.38. The summed E-state index contributed by atoms with van der Waals surface area (Å²) in [6, 6.07) is 45.6. The van der Waals surface area contributed by atoms with Crippen molar-refractivity contribution in [3.8, 4) is 22.3 Å². The fourth-order valence-corrected chi connectivity index (χ4v) is 8.50. The maximum atomic E-state index is 2.69. The molecule has 2 aliphatic rings. The zero-order chi connectivity index (χ0) is 28.2. The molecular weight excluding hydrogens is 518 g/mol. The lowest BCUT2D eigenvalue weighted by Gasteiger charge is -2.17. The molecule has 43 heavy (non-hydrogen) atoms. The van der Waals surface area contributed by atoms with Gasteiger partial charge in [0.25, 0.3) is 0 Å². The second-order valence-corrected chi connectivity index (χ2v) is 12.5. The van der Waals surface area contributed by atoms with E-state index in [0.717, 1.165) is 19.4 Å². The average Bonchev–Trinajstić information content (AvgIpc) is 3.71. The third-order valence-corrected chi connectivity index (χ3v) is 10.1. The van der Waals surface area contributed by atoms with Crippen LogP contribution in [0.3, 0.4) is 0 Å². The summed E-state index contributed by atoms with van der Waals surface area (Å²) < 4.78 is 2.69. The van der Waals surface area contributed by atoms with Crippen molar-refractivity contribution < 1.29 is 0 Å². The maximum absolute atomic E-state index is 2.69. The molecule has 10 rings (SSSR count). The first-order valence-corrected chi connectivity index (χ1v) is 15.4. The molecule has 0 saturated carbocycles. The SMILES string of the molecule is Cc1cc2c(c(Cn3c4c5c(c6ccccc6c4c4ccc6ccccc6c43)-c3ccccc3C5)c1)-c1ccccc1C2. The molecule has 202 valence electrons. The second kappa shape index (κ2) is 8.46. The highest BCUT2D eigenvalue weighted by atomic mass is 15.0. The molecule has 0 saturated heterocycles. The minimum absolute atomic E-state index is 0.841. The Kier molecular flexibility index (Phi) is 4.61. The van der Waals surface area contributed by atoms with Crippen LogP contribution in [0.2, 0.25) is 0 Å². The molecule has 0 bridgehead atoms. The van der Waals surface area contributed by atoms with E-state index in [1.807, 2.05) is 0 Å². The molecule has 1 heterocycles. The van der Waals surface area contributed by atoms with E-state index in [9.17, 15) is 0 Å². The Labute approximate surface area is 250 Å². The van der Waals surface area contributed by atoms with E-state index in [0.29, 0.717) is 0 Å². The van der Waals surface area contributed by atoms with Gasteiger partial charge < -0.3 is 4.57 Å². The number of hydrogen-bond donors (Lipinski definition) is 0. The lowest BCUT2D eigenvalue weighted by atomic mass is 9.93. The van der Waals surface area contributed by atoms with Crippen LogP contribution in [-0.4, -0.2) is 4.57 Å². The lowest BCUT2D eigenvalue weighted by Crippen LogP contribution is -2.04. The van der Waals surface area contributed by atoms with Gasteiger partial charge in [-0.15, -0.1) is 0 Å². The van der Waals surface area contributed by atoms with Crippen LogP contribution in [0.5, 0.6) is 0 Å². The standard InChI is InChI=1S/C42H29N/c1-25-20-29-22-27-11-3-5-13-31(27)38(29)30(21-25)24-43-41-33-15-7-2-10-26(33)18-19-36(41)40-35-17-9-8-16-34(35)39-32-14-6-4-12-28(32)23-37(39)42(40)43/h2-21H,22-24H2,1H3. The predicted molar refractivity (Wildman–Crippen MR) is 181 cm³/mol. The summed E-state index contributed by atoms with van der Waals surface area (Å²) in [4.78, 5) is 0. The Morgan fingerprint density at radius 1 is 0.535 bits per heavy atom. The fourth-order valence-electron chi connectivity index (χ4n) is 8.50. The summed E-state index contributed by atoms with van der Waals surface area (Å²) in [6.07, 6.45) is 1.99. The summed E-state index contributed by atoms with van der Waals surface area (Å²) in [6.45, 7) is 3.10. The highest BCUT2D eigenvalue weighted by molar-refractivity contribution is 6.29. The number of rotatable bonds is 2. The first-order chi connectivity index (χ1) is 21.2. The zero-order valence-corrected chi connectivity index (χ0v) is 24.1. The molecule has 0 unspecified atom stereocenters. The van der Waals surface area contributed by atoms with E-state index < -0.39 is 0 Å². The van der Waals surface area contributed by atoms with Gasteiger partial charge in [0.15, 0.2) is 0 Å². The van der Waals surface area contributed by atoms with Crippen molar-refractivity contribution in [2.24, 2.45) is 0 Å². The van der Waals surface area contributed by atoms with E-state index in [1.165, 1.54) is 99.0 Å². The molecule has 8 aromatic rings. The highest BCUT2D eigenvalue weighted by Crippen LogP contribution is 2.50. The molecule has 2 aliphatic carbocycles. The zero-order valence-electron chi connectivity index (χ0n) is 24.1. The van der Waals surface area contributed by atoms with Crippen molar-refractivity contribution >= 4 is 43.4 Å². The highest BCUT2D eigenvalue weighted by Gasteiger charge is 2.29. The van der Waals surface area contributed by atoms with Gasteiger partial charge in [0.05, 0.1) is 11.0 Å². The first-order valence-electron chi connectivity index (χ1n) is 15.4. The van der Waals surface area contributed by atoms with Crippen LogP contribution in [-0.2, 0) is 19.4 Å². The van der Waals surface area contributed by atoms with Gasteiger partial charge in [0.2, 0.25) is 0 Å². The molecule has 1 nitrogen and oxygen atoms in total. The average molecular weight is 548 g/mol. The van der Waals surface area contributed by atoms with Crippen LogP contribution in [0.4, 0.5) is 0 Å². The molecule has 0 aliphatic heterocycles. The van der Waals surface area contributed by atoms with Gasteiger partial charge in [0, 0.05) is 29.1 Å². The van der Waals surface area contributed by atoms with Crippen molar-refractivity contribution in [3.05, 3.63) is 155 Å². The predicted octanol–water partition coefficient (Wildman–Crippen LogP) is 10.6. The van der Waals surface area contributed by atoms with Crippen molar-refractivity contribution in [1.29, 1.82) is 0 Å². The monoisotopic (exact) mass is 547 g/mol. The molecule has 0 spiro atoms. The van der Waals surface area contributed by atoms with Crippen LogP contribution in [0.1, 0.15) is 33.4 Å². The molecule has 0 N–H and O–H groups in total. The Hall–Kier alpha value is -5.14. The van der Waals surface area contributed by atoms with Crippen LogP contribution in [0, 0.1) is 6.92 Å². The fraction of sp³-hybridized carbons (Fsp3) is 0.0952. The molecule has 0 fully saturated rings. The van der Waals surface area contributed by atoms with Crippen LogP contribution in [0.15, 0.2) is 121 Å². The Bertz CT molecular complexity index is 2490. The van der Waals surface area contributed by atoms with Gasteiger partial charge >= 0.3 is 0 Å². The molecule has 1 aromatic heterocycles. The third kappa shape index (κ3) is 3.12. The quantitative estimate of drug-likeness (QED) is 0.203. The van der Waals surface area contributed by atoms with Crippen LogP contribution in [0.25, 0.3) is 65.6 Å². The van der Waals surface area contributed by atoms with E-state index >= 15 is 0 Å². The van der Waals surface area contributed by atoms with Crippen molar-refractivity contribution in [1.82, 2.24) is 4.57 Å². The van der Waals surface area contributed by atoms with Crippen molar-refractivity contribution in [2.45, 2.75) is 26.3 Å². The topological polar surface area (TPSA) is 4.93 Å². The Morgan fingerprint density at radius 2 is 1.21 bits per heavy atom. The first kappa shape index (κ1) is 23.4. The number of benzene rings is 7. The van der Waals surface area contributed by atoms with Crippen LogP contribution >= 0.6 is 0 Å². The van der Waals surface area contributed by atoms with E-state index in [1.54, 1.807) is 0 Å². The lowest BCUT2D eigenvalue weighted by molar-refractivity contribution is 0.867. The van der Waals surface area contributed by atoms with Gasteiger partial charge in [-0.25, -0.2) is 0 Å². The minimum Gasteiger partial charge on any atom is -0.335 e. The van der Waals surface area contributed by atoms with Crippen molar-refractivity contribution in [2.75, 3.05) is 0 Å². The minimum atomic E-state index is 0.841. The van der Waals surface area contributed by atoms with Gasteiger partial charge in [-0.05, 0) is 79.6 Å². The van der Waals surface area contributed by atoms with E-state index in [4.69, 9.17) is 0 Å². The van der Waals surface area contributed by atoms with Gasteiger partial charge in [-0.1, -0.05) is 127 Å². The molecule has 7 aromatic carbocycles. The summed E-state index contributed by atoms with van der Waals surface area (Å²) >= 11 is 0. The van der Waals surface area contributed by atoms with E-state index in [2.05, 4.69) is 133 Å².